The highest BCUT2D eigenvalue weighted by Crippen LogP contribution is 2.42. The molecule has 1 heterocycles. The summed E-state index contributed by atoms with van der Waals surface area (Å²) < 4.78 is 20.4. The summed E-state index contributed by atoms with van der Waals surface area (Å²) in [6.07, 6.45) is 1.77. The van der Waals surface area contributed by atoms with Gasteiger partial charge in [0.2, 0.25) is 0 Å². The second-order valence-corrected chi connectivity index (χ2v) is 8.53. The number of carbonyl (C=O) groups is 2. The molecule has 178 valence electrons. The van der Waals surface area contributed by atoms with E-state index in [2.05, 4.69) is 23.2 Å². The fraction of sp³-hybridized carbons (Fsp3) is 0.286. The van der Waals surface area contributed by atoms with E-state index in [4.69, 9.17) is 0 Å². The number of hydrogen-bond donors (Lipinski definition) is 1. The zero-order chi connectivity index (χ0) is 24.8. The first-order chi connectivity index (χ1) is 16.2. The number of ketones is 1. The first kappa shape index (κ1) is 25.1. The van der Waals surface area contributed by atoms with Crippen LogP contribution in [0, 0.1) is 5.82 Å². The number of aliphatic hydroxyl groups is 1. The Morgan fingerprint density at radius 1 is 1.06 bits per heavy atom. The van der Waals surface area contributed by atoms with Crippen molar-refractivity contribution >= 4 is 17.8 Å². The number of esters is 1. The van der Waals surface area contributed by atoms with Gasteiger partial charge in [-0.2, -0.15) is 0 Å². The molecule has 0 saturated heterocycles. The molecule has 1 unspecified atom stereocenters. The van der Waals surface area contributed by atoms with Gasteiger partial charge in [-0.3, -0.25) is 9.59 Å². The molecule has 0 bridgehead atoms. The van der Waals surface area contributed by atoms with Crippen molar-refractivity contribution in [2.75, 3.05) is 7.11 Å². The lowest BCUT2D eigenvalue weighted by Crippen LogP contribution is -2.15. The van der Waals surface area contributed by atoms with Gasteiger partial charge in [0.15, 0.2) is 0 Å². The van der Waals surface area contributed by atoms with E-state index in [0.717, 1.165) is 33.6 Å². The molecule has 0 spiro atoms. The maximum Gasteiger partial charge on any atom is 0.313 e. The predicted octanol–water partition coefficient (Wildman–Crippen LogP) is 5.52. The normalized spacial score (nSPS) is 12.3. The predicted molar refractivity (Wildman–Crippen MR) is 132 cm³/mol. The van der Waals surface area contributed by atoms with Crippen molar-refractivity contribution in [3.05, 3.63) is 77.7 Å². The summed E-state index contributed by atoms with van der Waals surface area (Å²) in [4.78, 5) is 23.4. The van der Waals surface area contributed by atoms with Crippen LogP contribution in [0.25, 0.3) is 28.5 Å². The van der Waals surface area contributed by atoms with Gasteiger partial charge in [0.25, 0.3) is 0 Å². The van der Waals surface area contributed by atoms with E-state index < -0.39 is 17.9 Å². The summed E-state index contributed by atoms with van der Waals surface area (Å²) in [6, 6.07) is 16.3. The van der Waals surface area contributed by atoms with Gasteiger partial charge in [0.1, 0.15) is 18.0 Å². The van der Waals surface area contributed by atoms with Gasteiger partial charge in [-0.05, 0) is 29.2 Å². The van der Waals surface area contributed by atoms with E-state index in [1.807, 2.05) is 43.5 Å². The number of methoxy groups -OCH3 is 1. The summed E-state index contributed by atoms with van der Waals surface area (Å²) in [5.41, 5.74) is 5.69. The number of ether oxygens (including phenoxy) is 1. The summed E-state index contributed by atoms with van der Waals surface area (Å²) in [5.74, 6) is -1.19. The van der Waals surface area contributed by atoms with E-state index in [9.17, 15) is 19.1 Å². The maximum atomic E-state index is 13.7. The average molecular weight is 464 g/mol. The largest absolute Gasteiger partial charge is 0.469 e. The average Bonchev–Trinajstić information content (AvgIpc) is 3.10. The Kier molecular flexibility index (Phi) is 8.18. The number of rotatable bonds is 9. The summed E-state index contributed by atoms with van der Waals surface area (Å²) in [5, 5.41) is 10.5. The van der Waals surface area contributed by atoms with Gasteiger partial charge in [-0.1, -0.05) is 68.5 Å². The molecule has 0 saturated carbocycles. The first-order valence-electron chi connectivity index (χ1n) is 11.2. The fourth-order valence-corrected chi connectivity index (χ4v) is 4.25. The Balaban J connectivity index is 2.11. The van der Waals surface area contributed by atoms with Gasteiger partial charge in [-0.25, -0.2) is 4.39 Å². The molecule has 1 atom stereocenters. The minimum atomic E-state index is -1.06. The molecule has 0 aliphatic heterocycles. The topological polar surface area (TPSA) is 68.5 Å². The summed E-state index contributed by atoms with van der Waals surface area (Å²) >= 11 is 0. The van der Waals surface area contributed by atoms with Crippen molar-refractivity contribution in [2.45, 2.75) is 38.7 Å². The zero-order valence-corrected chi connectivity index (χ0v) is 19.9. The number of hydrogen-bond acceptors (Lipinski definition) is 4. The van der Waals surface area contributed by atoms with Crippen LogP contribution in [-0.2, 0) is 21.4 Å². The van der Waals surface area contributed by atoms with Gasteiger partial charge in [-0.15, -0.1) is 0 Å². The number of carbonyl (C=O) groups excluding carboxylic acids is 2. The van der Waals surface area contributed by atoms with Crippen LogP contribution in [0.4, 0.5) is 4.39 Å². The number of aromatic nitrogens is 1. The second kappa shape index (κ2) is 11.1. The van der Waals surface area contributed by atoms with E-state index >= 15 is 0 Å². The number of benzene rings is 2. The molecule has 0 aliphatic rings. The molecule has 3 aromatic rings. The van der Waals surface area contributed by atoms with Crippen molar-refractivity contribution in [3.63, 3.8) is 0 Å². The van der Waals surface area contributed by atoms with Crippen molar-refractivity contribution in [1.29, 1.82) is 0 Å². The third kappa shape index (κ3) is 5.69. The van der Waals surface area contributed by atoms with Crippen LogP contribution in [0.15, 0.2) is 60.7 Å². The third-order valence-corrected chi connectivity index (χ3v) is 5.70. The van der Waals surface area contributed by atoms with Gasteiger partial charge >= 0.3 is 5.97 Å². The van der Waals surface area contributed by atoms with Crippen LogP contribution < -0.4 is 0 Å². The van der Waals surface area contributed by atoms with Gasteiger partial charge in [0.05, 0.1) is 18.9 Å². The molecule has 2 aromatic carbocycles. The van der Waals surface area contributed by atoms with Crippen molar-refractivity contribution in [2.24, 2.45) is 7.05 Å². The smallest absolute Gasteiger partial charge is 0.313 e. The fourth-order valence-electron chi connectivity index (χ4n) is 4.25. The molecule has 34 heavy (non-hydrogen) atoms. The van der Waals surface area contributed by atoms with E-state index in [0.29, 0.717) is 0 Å². The minimum absolute atomic E-state index is 0.152. The number of nitrogens with zero attached hydrogens (tertiary/aromatic N) is 1. The Bertz CT molecular complexity index is 1180. The third-order valence-electron chi connectivity index (χ3n) is 5.70. The lowest BCUT2D eigenvalue weighted by Gasteiger charge is -2.12. The van der Waals surface area contributed by atoms with Crippen molar-refractivity contribution in [3.8, 4) is 22.4 Å². The summed E-state index contributed by atoms with van der Waals surface area (Å²) in [7, 11) is 3.22. The highest BCUT2D eigenvalue weighted by molar-refractivity contribution is 5.96. The SMILES string of the molecule is COC(=O)CC(=O)CC(O)C=Cc1c(-c2ccc(F)cc2)c(-c2ccccc2)n(C)c1C(C)C. The molecule has 1 N–H and O–H groups in total. The lowest BCUT2D eigenvalue weighted by atomic mass is 9.94. The quantitative estimate of drug-likeness (QED) is 0.335. The molecule has 0 fully saturated rings. The van der Waals surface area contributed by atoms with Crippen LogP contribution in [-0.4, -0.2) is 34.6 Å². The molecule has 6 heteroatoms. The molecular weight excluding hydrogens is 433 g/mol. The van der Waals surface area contributed by atoms with Crippen molar-refractivity contribution < 1.29 is 23.8 Å². The van der Waals surface area contributed by atoms with E-state index in [1.165, 1.54) is 19.2 Å². The molecule has 1 aromatic heterocycles. The Morgan fingerprint density at radius 2 is 1.71 bits per heavy atom. The standard InChI is InChI=1S/C28H30FNO4/c1-18(2)27-24(15-14-22(31)16-23(32)17-25(33)34-4)26(19-10-12-21(29)13-11-19)28(30(27)3)20-8-6-5-7-9-20/h5-15,18,22,31H,16-17H2,1-4H3. The lowest BCUT2D eigenvalue weighted by molar-refractivity contribution is -0.143. The zero-order valence-electron chi connectivity index (χ0n) is 19.9. The molecule has 3 rings (SSSR count). The van der Waals surface area contributed by atoms with Crippen molar-refractivity contribution in [1.82, 2.24) is 4.57 Å². The van der Waals surface area contributed by atoms with Crippen LogP contribution in [0.2, 0.25) is 0 Å². The molecular formula is C28H30FNO4. The van der Waals surface area contributed by atoms with E-state index in [1.54, 1.807) is 18.2 Å². The number of Topliss-reactive ketones (excluding diaryl/α,β-unsaturated/α-hetero) is 1. The highest BCUT2D eigenvalue weighted by atomic mass is 19.1. The minimum Gasteiger partial charge on any atom is -0.469 e. The van der Waals surface area contributed by atoms with Gasteiger partial charge < -0.3 is 14.4 Å². The second-order valence-electron chi connectivity index (χ2n) is 8.53. The molecule has 0 aliphatic carbocycles. The van der Waals surface area contributed by atoms with Gasteiger partial charge in [0, 0.05) is 30.3 Å². The number of aliphatic hydroxyl groups excluding tert-OH is 1. The summed E-state index contributed by atoms with van der Waals surface area (Å²) in [6.45, 7) is 4.18. The highest BCUT2D eigenvalue weighted by Gasteiger charge is 2.24. The molecule has 0 amide bonds. The van der Waals surface area contributed by atoms with Crippen LogP contribution in [0.1, 0.15) is 43.9 Å². The van der Waals surface area contributed by atoms with Crippen LogP contribution >= 0.6 is 0 Å². The number of halogens is 1. The molecule has 5 nitrogen and oxygen atoms in total. The Labute approximate surface area is 199 Å². The van der Waals surface area contributed by atoms with E-state index in [-0.39, 0.29) is 24.6 Å². The van der Waals surface area contributed by atoms with Crippen LogP contribution in [0.5, 0.6) is 0 Å². The maximum absolute atomic E-state index is 13.7. The monoisotopic (exact) mass is 463 g/mol. The Hall–Kier alpha value is -3.51. The van der Waals surface area contributed by atoms with Crippen LogP contribution in [0.3, 0.4) is 0 Å². The first-order valence-corrected chi connectivity index (χ1v) is 11.2. The molecule has 0 radical (unpaired) electrons. The Morgan fingerprint density at radius 3 is 2.29 bits per heavy atom.